The third-order valence-electron chi connectivity index (χ3n) is 7.01. The molecule has 0 radical (unpaired) electrons. The molecule has 1 saturated heterocycles. The molecule has 3 unspecified atom stereocenters. The number of nitrogens with zero attached hydrogens (tertiary/aromatic N) is 2. The lowest BCUT2D eigenvalue weighted by molar-refractivity contribution is -0.109. The van der Waals surface area contributed by atoms with Crippen molar-refractivity contribution in [2.24, 2.45) is 5.10 Å². The van der Waals surface area contributed by atoms with Crippen LogP contribution >= 0.6 is 0 Å². The first-order valence-corrected chi connectivity index (χ1v) is 11.5. The van der Waals surface area contributed by atoms with Gasteiger partial charge in [0, 0.05) is 17.8 Å². The first-order chi connectivity index (χ1) is 16.2. The summed E-state index contributed by atoms with van der Waals surface area (Å²) < 4.78 is 13.7. The summed E-state index contributed by atoms with van der Waals surface area (Å²) in [6.45, 7) is 3.33. The molecule has 3 heterocycles. The minimum Gasteiger partial charge on any atom is -0.377 e. The van der Waals surface area contributed by atoms with Crippen LogP contribution in [0, 0.1) is 5.82 Å². The molecular formula is C27H25FN4O. The highest BCUT2D eigenvalue weighted by atomic mass is 19.1. The van der Waals surface area contributed by atoms with Crippen LogP contribution in [0.2, 0.25) is 0 Å². The molecule has 3 aliphatic rings. The predicted molar refractivity (Wildman–Crippen MR) is 127 cm³/mol. The van der Waals surface area contributed by atoms with E-state index in [1.54, 1.807) is 0 Å². The average molecular weight is 441 g/mol. The first kappa shape index (κ1) is 20.1. The Morgan fingerprint density at radius 3 is 2.45 bits per heavy atom. The Bertz CT molecular complexity index is 1220. The van der Waals surface area contributed by atoms with Crippen LogP contribution in [0.15, 0.2) is 71.8 Å². The van der Waals surface area contributed by atoms with Gasteiger partial charge in [0.2, 0.25) is 0 Å². The van der Waals surface area contributed by atoms with E-state index in [4.69, 9.17) is 0 Å². The van der Waals surface area contributed by atoms with E-state index in [1.807, 2.05) is 30.3 Å². The Labute approximate surface area is 192 Å². The molecule has 3 aromatic rings. The number of hydrogen-bond donors (Lipinski definition) is 2. The van der Waals surface area contributed by atoms with E-state index in [9.17, 15) is 9.18 Å². The van der Waals surface area contributed by atoms with E-state index in [0.29, 0.717) is 0 Å². The molecule has 0 aromatic heterocycles. The molecule has 33 heavy (non-hydrogen) atoms. The topological polar surface area (TPSA) is 56.7 Å². The molecule has 5 nitrogen and oxygen atoms in total. The summed E-state index contributed by atoms with van der Waals surface area (Å²) in [6, 6.07) is 20.8. The van der Waals surface area contributed by atoms with E-state index in [2.05, 4.69) is 45.0 Å². The maximum Gasteiger partial charge on any atom is 0.148 e. The number of aldehydes is 1. The number of hydrazone groups is 1. The molecule has 1 fully saturated rings. The summed E-state index contributed by atoms with van der Waals surface area (Å²) in [7, 11) is 0. The van der Waals surface area contributed by atoms with Crippen molar-refractivity contribution in [3.05, 3.63) is 100 Å². The number of carbonyl (C=O) groups is 1. The van der Waals surface area contributed by atoms with Crippen molar-refractivity contribution < 1.29 is 9.18 Å². The second kappa shape index (κ2) is 8.12. The van der Waals surface area contributed by atoms with Crippen molar-refractivity contribution >= 4 is 17.7 Å². The Morgan fingerprint density at radius 2 is 1.76 bits per heavy atom. The molecule has 0 saturated carbocycles. The zero-order valence-electron chi connectivity index (χ0n) is 18.2. The molecule has 6 rings (SSSR count). The molecule has 0 spiro atoms. The fourth-order valence-electron chi connectivity index (χ4n) is 5.16. The molecule has 3 aromatic carbocycles. The fraction of sp³-hybridized carbons (Fsp3) is 0.259. The van der Waals surface area contributed by atoms with Crippen molar-refractivity contribution in [2.45, 2.75) is 31.0 Å². The van der Waals surface area contributed by atoms with Crippen molar-refractivity contribution in [1.82, 2.24) is 10.3 Å². The van der Waals surface area contributed by atoms with E-state index < -0.39 is 6.04 Å². The molecule has 0 amide bonds. The SMILES string of the molecule is O=CC1NN=C2c3c(cccc31)NC(c1ccc(CN3CCC3)cc1)C2c1ccc(F)cc1. The van der Waals surface area contributed by atoms with Gasteiger partial charge >= 0.3 is 0 Å². The summed E-state index contributed by atoms with van der Waals surface area (Å²) in [5.41, 5.74) is 10.2. The molecular weight excluding hydrogens is 415 g/mol. The summed E-state index contributed by atoms with van der Waals surface area (Å²) in [5.74, 6) is -0.402. The van der Waals surface area contributed by atoms with Crippen LogP contribution in [0.3, 0.4) is 0 Å². The Kier molecular flexibility index (Phi) is 4.95. The lowest BCUT2D eigenvalue weighted by Crippen LogP contribution is -2.38. The van der Waals surface area contributed by atoms with Crippen LogP contribution in [0.5, 0.6) is 0 Å². The molecule has 6 heteroatoms. The first-order valence-electron chi connectivity index (χ1n) is 11.5. The monoisotopic (exact) mass is 440 g/mol. The number of anilines is 1. The van der Waals surface area contributed by atoms with Gasteiger partial charge in [0.15, 0.2) is 0 Å². The maximum atomic E-state index is 13.7. The predicted octanol–water partition coefficient (Wildman–Crippen LogP) is 4.53. The molecule has 166 valence electrons. The summed E-state index contributed by atoms with van der Waals surface area (Å²) in [6.07, 6.45) is 2.16. The molecule has 0 aliphatic carbocycles. The van der Waals surface area contributed by atoms with E-state index >= 15 is 0 Å². The smallest absolute Gasteiger partial charge is 0.148 e. The second-order valence-electron chi connectivity index (χ2n) is 9.03. The minimum absolute atomic E-state index is 0.0791. The molecule has 3 aliphatic heterocycles. The normalized spacial score (nSPS) is 23.4. The number of halogens is 1. The van der Waals surface area contributed by atoms with Gasteiger partial charge in [0.05, 0.1) is 17.7 Å². The van der Waals surface area contributed by atoms with Gasteiger partial charge in [0.1, 0.15) is 18.1 Å². The maximum absolute atomic E-state index is 13.7. The highest BCUT2D eigenvalue weighted by Gasteiger charge is 2.40. The fourth-order valence-corrected chi connectivity index (χ4v) is 5.16. The van der Waals surface area contributed by atoms with Crippen LogP contribution in [0.4, 0.5) is 10.1 Å². The van der Waals surface area contributed by atoms with Gasteiger partial charge < -0.3 is 10.1 Å². The zero-order valence-corrected chi connectivity index (χ0v) is 18.2. The largest absolute Gasteiger partial charge is 0.377 e. The van der Waals surface area contributed by atoms with Crippen LogP contribution < -0.4 is 10.7 Å². The van der Waals surface area contributed by atoms with Crippen molar-refractivity contribution in [3.63, 3.8) is 0 Å². The van der Waals surface area contributed by atoms with E-state index in [1.165, 1.54) is 37.2 Å². The quantitative estimate of drug-likeness (QED) is 0.573. The number of benzene rings is 3. The average Bonchev–Trinajstić information content (AvgIpc) is 2.83. The number of rotatable bonds is 5. The van der Waals surface area contributed by atoms with Gasteiger partial charge in [-0.15, -0.1) is 0 Å². The van der Waals surface area contributed by atoms with Crippen LogP contribution in [-0.2, 0) is 11.3 Å². The van der Waals surface area contributed by atoms with Gasteiger partial charge in [-0.25, -0.2) is 4.39 Å². The molecule has 3 atom stereocenters. The van der Waals surface area contributed by atoms with Gasteiger partial charge in [-0.1, -0.05) is 48.5 Å². The van der Waals surface area contributed by atoms with Gasteiger partial charge in [0.25, 0.3) is 0 Å². The molecule has 2 N–H and O–H groups in total. The lowest BCUT2D eigenvalue weighted by atomic mass is 9.75. The standard InChI is InChI=1S/C27H25FN4O/c28-20-11-9-18(10-12-20)24-26(19-7-5-17(6-8-19)15-32-13-2-14-32)29-22-4-1-3-21-23(16-33)30-31-27(24)25(21)22/h1,3-12,16,23-24,26,29-30H,2,13-15H2. The van der Waals surface area contributed by atoms with E-state index in [0.717, 1.165) is 46.5 Å². The van der Waals surface area contributed by atoms with Crippen LogP contribution in [0.1, 0.15) is 52.2 Å². The summed E-state index contributed by atoms with van der Waals surface area (Å²) in [5, 5.41) is 8.39. The van der Waals surface area contributed by atoms with Crippen molar-refractivity contribution in [2.75, 3.05) is 18.4 Å². The number of likely N-dealkylation sites (tertiary alicyclic amines) is 1. The highest BCUT2D eigenvalue weighted by molar-refractivity contribution is 6.13. The van der Waals surface area contributed by atoms with Crippen LogP contribution in [0.25, 0.3) is 0 Å². The van der Waals surface area contributed by atoms with Gasteiger partial charge in [-0.3, -0.25) is 10.3 Å². The minimum atomic E-state index is -0.475. The van der Waals surface area contributed by atoms with Crippen LogP contribution in [-0.4, -0.2) is 30.0 Å². The molecule has 0 bridgehead atoms. The Hall–Kier alpha value is -3.51. The summed E-state index contributed by atoms with van der Waals surface area (Å²) >= 11 is 0. The number of nitrogens with one attached hydrogen (secondary N) is 2. The Balaban J connectivity index is 1.43. The van der Waals surface area contributed by atoms with Crippen molar-refractivity contribution in [1.29, 1.82) is 0 Å². The van der Waals surface area contributed by atoms with Gasteiger partial charge in [-0.05, 0) is 60.0 Å². The Morgan fingerprint density at radius 1 is 1.00 bits per heavy atom. The lowest BCUT2D eigenvalue weighted by Gasteiger charge is -2.40. The third kappa shape index (κ3) is 3.51. The van der Waals surface area contributed by atoms with Crippen molar-refractivity contribution in [3.8, 4) is 0 Å². The summed E-state index contributed by atoms with van der Waals surface area (Å²) in [4.78, 5) is 14.1. The third-order valence-corrected chi connectivity index (χ3v) is 7.01. The second-order valence-corrected chi connectivity index (χ2v) is 9.03. The van der Waals surface area contributed by atoms with E-state index in [-0.39, 0.29) is 17.8 Å². The van der Waals surface area contributed by atoms with Gasteiger partial charge in [-0.2, -0.15) is 5.10 Å². The highest BCUT2D eigenvalue weighted by Crippen LogP contribution is 2.45. The number of hydrogen-bond acceptors (Lipinski definition) is 5. The number of carbonyl (C=O) groups excluding carboxylic acids is 1. The zero-order chi connectivity index (χ0) is 22.4.